The number of benzene rings is 1. The Balaban J connectivity index is 2.05. The van der Waals surface area contributed by atoms with Gasteiger partial charge in [0.15, 0.2) is 5.65 Å². The van der Waals surface area contributed by atoms with Gasteiger partial charge in [0.2, 0.25) is 0 Å². The summed E-state index contributed by atoms with van der Waals surface area (Å²) < 4.78 is 9.55. The van der Waals surface area contributed by atoms with Crippen LogP contribution >= 0.6 is 0 Å². The van der Waals surface area contributed by atoms with Gasteiger partial charge in [-0.15, -0.1) is 0 Å². The second-order valence-electron chi connectivity index (χ2n) is 3.52. The van der Waals surface area contributed by atoms with Gasteiger partial charge in [-0.25, -0.2) is 15.0 Å². The van der Waals surface area contributed by atoms with E-state index in [0.717, 1.165) is 0 Å². The quantitative estimate of drug-likeness (QED) is 0.650. The molecule has 0 unspecified atom stereocenters. The van der Waals surface area contributed by atoms with E-state index in [9.17, 15) is 0 Å². The van der Waals surface area contributed by atoms with Crippen LogP contribution in [0.15, 0.2) is 49.2 Å². The van der Waals surface area contributed by atoms with Crippen molar-refractivity contribution in [1.29, 1.82) is 0 Å². The van der Waals surface area contributed by atoms with E-state index in [4.69, 9.17) is 1.37 Å². The van der Waals surface area contributed by atoms with Crippen molar-refractivity contribution >= 4 is 11.2 Å². The van der Waals surface area contributed by atoms with Crippen molar-refractivity contribution in [1.82, 2.24) is 19.5 Å². The van der Waals surface area contributed by atoms with Crippen molar-refractivity contribution < 1.29 is 1.37 Å². The van der Waals surface area contributed by atoms with Gasteiger partial charge in [0.05, 0.1) is 20.4 Å². The largest absolute Gasteiger partial charge is 0.311 e. The zero-order valence-corrected chi connectivity index (χ0v) is 8.54. The minimum absolute atomic E-state index is 0.168. The summed E-state index contributed by atoms with van der Waals surface area (Å²) in [7, 11) is 0. The molecule has 2 heterocycles. The number of hydrogen-bond acceptors (Lipinski definition) is 3. The lowest BCUT2D eigenvalue weighted by Crippen LogP contribution is -1.98. The summed E-state index contributed by atoms with van der Waals surface area (Å²) in [5, 5.41) is 0. The molecular formula is C12H10N4. The first-order valence-electron chi connectivity index (χ1n) is 5.51. The number of rotatable bonds is 2. The molecule has 16 heavy (non-hydrogen) atoms. The second kappa shape index (κ2) is 3.73. The van der Waals surface area contributed by atoms with E-state index in [0.29, 0.717) is 17.7 Å². The Hall–Kier alpha value is -2.23. The molecule has 0 fully saturated rings. The van der Waals surface area contributed by atoms with Gasteiger partial charge in [0, 0.05) is 0 Å². The molecule has 0 atom stereocenters. The third kappa shape index (κ3) is 1.54. The molecule has 0 bridgehead atoms. The molecule has 4 heteroatoms. The summed E-state index contributed by atoms with van der Waals surface area (Å²) in [6, 6.07) is 10.1. The summed E-state index contributed by atoms with van der Waals surface area (Å²) in [5.41, 5.74) is 2.43. The first-order valence-corrected chi connectivity index (χ1v) is 5.01. The number of nitrogens with zero attached hydrogens (tertiary/aromatic N) is 4. The fourth-order valence-corrected chi connectivity index (χ4v) is 1.66. The van der Waals surface area contributed by atoms with Crippen molar-refractivity contribution in [2.24, 2.45) is 0 Å². The first kappa shape index (κ1) is 7.98. The summed E-state index contributed by atoms with van der Waals surface area (Å²) in [6.07, 6.45) is 3.26. The molecule has 0 radical (unpaired) electrons. The van der Waals surface area contributed by atoms with Crippen LogP contribution in [0.25, 0.3) is 11.2 Å². The highest BCUT2D eigenvalue weighted by atomic mass is 15.1. The average molecular weight is 211 g/mol. The standard InChI is InChI=1S/C12H10N4/c1-2-4-10(5-3-1)7-16-9-15-11-6-13-8-14-12(11)16/h1-6,8-9H,7H2/i6D. The van der Waals surface area contributed by atoms with E-state index in [2.05, 4.69) is 27.1 Å². The molecule has 1 aromatic carbocycles. The molecule has 4 nitrogen and oxygen atoms in total. The Morgan fingerprint density at radius 2 is 2.06 bits per heavy atom. The maximum Gasteiger partial charge on any atom is 0.163 e. The van der Waals surface area contributed by atoms with Crippen molar-refractivity contribution in [2.75, 3.05) is 0 Å². The molecule has 78 valence electrons. The molecule has 0 aliphatic heterocycles. The van der Waals surface area contributed by atoms with Crippen LogP contribution < -0.4 is 0 Å². The van der Waals surface area contributed by atoms with Gasteiger partial charge < -0.3 is 4.57 Å². The van der Waals surface area contributed by atoms with Crippen LogP contribution in [0, 0.1) is 0 Å². The molecule has 0 saturated carbocycles. The van der Waals surface area contributed by atoms with E-state index in [1.807, 2.05) is 22.8 Å². The van der Waals surface area contributed by atoms with Crippen LogP contribution in [-0.2, 0) is 6.54 Å². The molecule has 0 aliphatic carbocycles. The Bertz CT molecular complexity index is 648. The average Bonchev–Trinajstić information content (AvgIpc) is 2.76. The SMILES string of the molecule is [2H]c1ncnc2c1ncn2Cc1ccccc1. The van der Waals surface area contributed by atoms with E-state index < -0.39 is 0 Å². The predicted octanol–water partition coefficient (Wildman–Crippen LogP) is 1.87. The van der Waals surface area contributed by atoms with Gasteiger partial charge >= 0.3 is 0 Å². The highest BCUT2D eigenvalue weighted by molar-refractivity contribution is 5.68. The molecule has 0 N–H and O–H groups in total. The number of hydrogen-bond donors (Lipinski definition) is 0. The Kier molecular flexibility index (Phi) is 1.86. The van der Waals surface area contributed by atoms with E-state index >= 15 is 0 Å². The molecule has 0 saturated heterocycles. The lowest BCUT2D eigenvalue weighted by Gasteiger charge is -2.02. The van der Waals surface area contributed by atoms with Crippen LogP contribution in [0.5, 0.6) is 0 Å². The maximum absolute atomic E-state index is 7.63. The highest BCUT2D eigenvalue weighted by Gasteiger charge is 2.03. The Morgan fingerprint density at radius 1 is 1.19 bits per heavy atom. The zero-order chi connectivity index (χ0) is 11.7. The summed E-state index contributed by atoms with van der Waals surface area (Å²) in [6.45, 7) is 0.702. The monoisotopic (exact) mass is 211 g/mol. The number of aromatic nitrogens is 4. The lowest BCUT2D eigenvalue weighted by molar-refractivity contribution is 0.813. The minimum atomic E-state index is 0.168. The molecular weight excluding hydrogens is 200 g/mol. The smallest absolute Gasteiger partial charge is 0.163 e. The zero-order valence-electron chi connectivity index (χ0n) is 9.54. The molecule has 0 amide bonds. The Morgan fingerprint density at radius 3 is 2.94 bits per heavy atom. The van der Waals surface area contributed by atoms with E-state index in [-0.39, 0.29) is 6.17 Å². The van der Waals surface area contributed by atoms with Gasteiger partial charge in [-0.05, 0) is 5.56 Å². The summed E-state index contributed by atoms with van der Waals surface area (Å²) in [5.74, 6) is 0. The minimum Gasteiger partial charge on any atom is -0.311 e. The van der Waals surface area contributed by atoms with Crippen LogP contribution in [0.2, 0.25) is 0 Å². The van der Waals surface area contributed by atoms with Gasteiger partial charge in [0.1, 0.15) is 11.8 Å². The number of fused-ring (bicyclic) bond motifs is 1. The summed E-state index contributed by atoms with van der Waals surface area (Å²) >= 11 is 0. The van der Waals surface area contributed by atoms with Crippen molar-refractivity contribution in [3.63, 3.8) is 0 Å². The van der Waals surface area contributed by atoms with Gasteiger partial charge in [-0.3, -0.25) is 0 Å². The second-order valence-corrected chi connectivity index (χ2v) is 3.52. The van der Waals surface area contributed by atoms with Gasteiger partial charge in [-0.1, -0.05) is 30.3 Å². The Labute approximate surface area is 94.0 Å². The number of imidazole rings is 1. The van der Waals surface area contributed by atoms with Crippen LogP contribution in [0.3, 0.4) is 0 Å². The highest BCUT2D eigenvalue weighted by Crippen LogP contribution is 2.10. The van der Waals surface area contributed by atoms with Crippen LogP contribution in [0.1, 0.15) is 6.93 Å². The topological polar surface area (TPSA) is 43.6 Å². The van der Waals surface area contributed by atoms with Crippen molar-refractivity contribution in [3.05, 3.63) is 54.7 Å². The van der Waals surface area contributed by atoms with Crippen LogP contribution in [-0.4, -0.2) is 19.5 Å². The third-order valence-corrected chi connectivity index (χ3v) is 2.41. The van der Waals surface area contributed by atoms with E-state index in [1.165, 1.54) is 11.9 Å². The van der Waals surface area contributed by atoms with Gasteiger partial charge in [-0.2, -0.15) is 0 Å². The fourth-order valence-electron chi connectivity index (χ4n) is 1.66. The van der Waals surface area contributed by atoms with Crippen LogP contribution in [0.4, 0.5) is 0 Å². The van der Waals surface area contributed by atoms with Crippen molar-refractivity contribution in [2.45, 2.75) is 6.54 Å². The summed E-state index contributed by atoms with van der Waals surface area (Å²) in [4.78, 5) is 12.1. The van der Waals surface area contributed by atoms with Gasteiger partial charge in [0.25, 0.3) is 0 Å². The first-order chi connectivity index (χ1) is 8.34. The normalized spacial score (nSPS) is 11.6. The third-order valence-electron chi connectivity index (χ3n) is 2.41. The fraction of sp³-hybridized carbons (Fsp3) is 0.0833. The molecule has 0 spiro atoms. The van der Waals surface area contributed by atoms with E-state index in [1.54, 1.807) is 6.33 Å². The molecule has 0 aliphatic rings. The lowest BCUT2D eigenvalue weighted by atomic mass is 10.2. The molecule has 2 aromatic heterocycles. The maximum atomic E-state index is 7.63. The predicted molar refractivity (Wildman–Crippen MR) is 60.9 cm³/mol. The molecule has 3 rings (SSSR count). The molecule has 3 aromatic rings. The van der Waals surface area contributed by atoms with Crippen molar-refractivity contribution in [3.8, 4) is 0 Å².